The number of nitrogens with one attached hydrogen (secondary N) is 2. The van der Waals surface area contributed by atoms with Crippen molar-refractivity contribution in [3.05, 3.63) is 0 Å². The fourth-order valence-electron chi connectivity index (χ4n) is 2.29. The Labute approximate surface area is 97.2 Å². The van der Waals surface area contributed by atoms with Gasteiger partial charge in [0.15, 0.2) is 0 Å². The van der Waals surface area contributed by atoms with Gasteiger partial charge in [0.2, 0.25) is 5.91 Å². The van der Waals surface area contributed by atoms with Crippen LogP contribution in [0.2, 0.25) is 0 Å². The summed E-state index contributed by atoms with van der Waals surface area (Å²) in [5.41, 5.74) is 0. The highest BCUT2D eigenvalue weighted by molar-refractivity contribution is 5.85. The van der Waals surface area contributed by atoms with Crippen LogP contribution >= 0.6 is 12.4 Å². The molecule has 0 aromatic carbocycles. The molecule has 2 aliphatic rings. The fourth-order valence-corrected chi connectivity index (χ4v) is 2.29. The molecule has 0 spiro atoms. The summed E-state index contributed by atoms with van der Waals surface area (Å²) in [6, 6.07) is 0.491. The molecule has 0 radical (unpaired) electrons. The van der Waals surface area contributed by atoms with E-state index in [-0.39, 0.29) is 24.4 Å². The van der Waals surface area contributed by atoms with E-state index in [1.807, 2.05) is 11.9 Å². The summed E-state index contributed by atoms with van der Waals surface area (Å²) >= 11 is 0. The average molecular weight is 234 g/mol. The van der Waals surface area contributed by atoms with Crippen LogP contribution in [0.25, 0.3) is 0 Å². The lowest BCUT2D eigenvalue weighted by Gasteiger charge is -2.26. The van der Waals surface area contributed by atoms with Crippen LogP contribution in [-0.4, -0.2) is 49.6 Å². The van der Waals surface area contributed by atoms with Crippen LogP contribution in [0.3, 0.4) is 0 Å². The number of halogens is 1. The molecular formula is C10H20ClN3O. The number of amides is 1. The summed E-state index contributed by atoms with van der Waals surface area (Å²) in [7, 11) is 1.93. The van der Waals surface area contributed by atoms with Gasteiger partial charge < -0.3 is 15.5 Å². The Morgan fingerprint density at radius 1 is 1.33 bits per heavy atom. The number of hydrogen-bond acceptors (Lipinski definition) is 3. The number of nitrogens with zero attached hydrogens (tertiary/aromatic N) is 1. The van der Waals surface area contributed by atoms with Gasteiger partial charge in [0.05, 0.1) is 6.04 Å². The molecule has 2 N–H and O–H groups in total. The molecule has 2 rings (SSSR count). The Morgan fingerprint density at radius 3 is 2.67 bits per heavy atom. The van der Waals surface area contributed by atoms with E-state index in [0.717, 1.165) is 38.9 Å². The molecule has 88 valence electrons. The minimum atomic E-state index is 0. The molecule has 0 saturated carbocycles. The topological polar surface area (TPSA) is 44.4 Å². The normalized spacial score (nSPS) is 29.9. The second kappa shape index (κ2) is 5.68. The second-order valence-corrected chi connectivity index (χ2v) is 4.24. The SMILES string of the molecule is CN(C(=O)C1CCCN1)C1CCNC1.Cl. The Balaban J connectivity index is 0.00000112. The third-order valence-electron chi connectivity index (χ3n) is 3.29. The lowest BCUT2D eigenvalue weighted by atomic mass is 10.1. The minimum Gasteiger partial charge on any atom is -0.340 e. The lowest BCUT2D eigenvalue weighted by molar-refractivity contribution is -0.133. The largest absolute Gasteiger partial charge is 0.340 e. The summed E-state index contributed by atoms with van der Waals surface area (Å²) in [5.74, 6) is 0.274. The number of likely N-dealkylation sites (N-methyl/N-ethyl adjacent to an activating group) is 1. The number of carbonyl (C=O) groups is 1. The van der Waals surface area contributed by atoms with Crippen LogP contribution in [-0.2, 0) is 4.79 Å². The Hall–Kier alpha value is -0.320. The first-order chi connectivity index (χ1) is 6.79. The van der Waals surface area contributed by atoms with Crippen LogP contribution in [0.15, 0.2) is 0 Å². The van der Waals surface area contributed by atoms with Crippen LogP contribution in [0, 0.1) is 0 Å². The highest BCUT2D eigenvalue weighted by Crippen LogP contribution is 2.12. The summed E-state index contributed by atoms with van der Waals surface area (Å²) in [4.78, 5) is 13.9. The molecule has 0 aromatic rings. The molecule has 4 nitrogen and oxygen atoms in total. The molecule has 0 aliphatic carbocycles. The van der Waals surface area contributed by atoms with E-state index in [2.05, 4.69) is 10.6 Å². The molecular weight excluding hydrogens is 214 g/mol. The van der Waals surface area contributed by atoms with Crippen molar-refractivity contribution in [2.75, 3.05) is 26.7 Å². The zero-order valence-electron chi connectivity index (χ0n) is 9.16. The third-order valence-corrected chi connectivity index (χ3v) is 3.29. The van der Waals surface area contributed by atoms with E-state index in [0.29, 0.717) is 6.04 Å². The van der Waals surface area contributed by atoms with Gasteiger partial charge in [-0.3, -0.25) is 4.79 Å². The quantitative estimate of drug-likeness (QED) is 0.705. The van der Waals surface area contributed by atoms with Crippen molar-refractivity contribution in [2.45, 2.75) is 31.3 Å². The maximum absolute atomic E-state index is 12.0. The van der Waals surface area contributed by atoms with Crippen molar-refractivity contribution < 1.29 is 4.79 Å². The zero-order chi connectivity index (χ0) is 9.97. The molecule has 1 amide bonds. The van der Waals surface area contributed by atoms with Crippen molar-refractivity contribution in [3.63, 3.8) is 0 Å². The number of carbonyl (C=O) groups excluding carboxylic acids is 1. The summed E-state index contributed by atoms with van der Waals surface area (Å²) in [6.45, 7) is 2.99. The van der Waals surface area contributed by atoms with Gasteiger partial charge in [0.25, 0.3) is 0 Å². The van der Waals surface area contributed by atoms with Crippen LogP contribution < -0.4 is 10.6 Å². The van der Waals surface area contributed by atoms with Crippen LogP contribution in [0.1, 0.15) is 19.3 Å². The molecule has 5 heteroatoms. The molecule has 2 aliphatic heterocycles. The fraction of sp³-hybridized carbons (Fsp3) is 0.900. The van der Waals surface area contributed by atoms with Crippen molar-refractivity contribution in [1.29, 1.82) is 0 Å². The van der Waals surface area contributed by atoms with E-state index in [1.54, 1.807) is 0 Å². The maximum Gasteiger partial charge on any atom is 0.239 e. The van der Waals surface area contributed by atoms with Crippen molar-refractivity contribution in [1.82, 2.24) is 15.5 Å². The first-order valence-corrected chi connectivity index (χ1v) is 5.50. The Morgan fingerprint density at radius 2 is 2.13 bits per heavy atom. The van der Waals surface area contributed by atoms with E-state index in [9.17, 15) is 4.79 Å². The number of hydrogen-bond donors (Lipinski definition) is 2. The first kappa shape index (κ1) is 12.7. The smallest absolute Gasteiger partial charge is 0.239 e. The predicted octanol–water partition coefficient (Wildman–Crippen LogP) is -0.0195. The Kier molecular flexibility index (Phi) is 4.83. The first-order valence-electron chi connectivity index (χ1n) is 5.50. The van der Waals surface area contributed by atoms with E-state index in [1.165, 1.54) is 0 Å². The van der Waals surface area contributed by atoms with E-state index >= 15 is 0 Å². The zero-order valence-corrected chi connectivity index (χ0v) is 9.98. The highest BCUT2D eigenvalue weighted by Gasteiger charge is 2.29. The molecule has 2 unspecified atom stereocenters. The Bertz CT molecular complexity index is 213. The molecule has 2 heterocycles. The van der Waals surface area contributed by atoms with Crippen LogP contribution in [0.4, 0.5) is 0 Å². The van der Waals surface area contributed by atoms with Gasteiger partial charge in [-0.25, -0.2) is 0 Å². The molecule has 0 bridgehead atoms. The highest BCUT2D eigenvalue weighted by atomic mass is 35.5. The summed E-state index contributed by atoms with van der Waals surface area (Å²) < 4.78 is 0. The van der Waals surface area contributed by atoms with Gasteiger partial charge in [0.1, 0.15) is 0 Å². The lowest BCUT2D eigenvalue weighted by Crippen LogP contribution is -2.47. The molecule has 15 heavy (non-hydrogen) atoms. The van der Waals surface area contributed by atoms with Crippen molar-refractivity contribution in [3.8, 4) is 0 Å². The van der Waals surface area contributed by atoms with Gasteiger partial charge in [-0.2, -0.15) is 0 Å². The van der Waals surface area contributed by atoms with Gasteiger partial charge >= 0.3 is 0 Å². The third kappa shape index (κ3) is 2.83. The van der Waals surface area contributed by atoms with Gasteiger partial charge in [-0.1, -0.05) is 0 Å². The van der Waals surface area contributed by atoms with Crippen molar-refractivity contribution in [2.24, 2.45) is 0 Å². The second-order valence-electron chi connectivity index (χ2n) is 4.24. The maximum atomic E-state index is 12.0. The molecule has 0 aromatic heterocycles. The monoisotopic (exact) mass is 233 g/mol. The number of rotatable bonds is 2. The molecule has 2 saturated heterocycles. The van der Waals surface area contributed by atoms with Crippen LogP contribution in [0.5, 0.6) is 0 Å². The van der Waals surface area contributed by atoms with E-state index < -0.39 is 0 Å². The van der Waals surface area contributed by atoms with Gasteiger partial charge in [0, 0.05) is 19.6 Å². The summed E-state index contributed by atoms with van der Waals surface area (Å²) in [5, 5.41) is 6.53. The average Bonchev–Trinajstić information content (AvgIpc) is 2.87. The molecule has 2 atom stereocenters. The summed E-state index contributed by atoms with van der Waals surface area (Å²) in [6.07, 6.45) is 3.23. The molecule has 2 fully saturated rings. The van der Waals surface area contributed by atoms with Gasteiger partial charge in [-0.05, 0) is 32.4 Å². The van der Waals surface area contributed by atoms with Crippen molar-refractivity contribution >= 4 is 18.3 Å². The minimum absolute atomic E-state index is 0. The van der Waals surface area contributed by atoms with E-state index in [4.69, 9.17) is 0 Å². The standard InChI is InChI=1S/C10H19N3O.ClH/c1-13(8-4-6-11-7-8)10(14)9-3-2-5-12-9;/h8-9,11-12H,2-7H2,1H3;1H. The van der Waals surface area contributed by atoms with Gasteiger partial charge in [-0.15, -0.1) is 12.4 Å². The predicted molar refractivity (Wildman–Crippen MR) is 62.3 cm³/mol.